The number of benzene rings is 2. The minimum absolute atomic E-state index is 0.00139. The lowest BCUT2D eigenvalue weighted by atomic mass is 10.0. The quantitative estimate of drug-likeness (QED) is 0.360. The highest BCUT2D eigenvalue weighted by atomic mass is 32.2. The summed E-state index contributed by atoms with van der Waals surface area (Å²) >= 11 is 0. The van der Waals surface area contributed by atoms with E-state index < -0.39 is 15.7 Å². The number of hydrogen-bond acceptors (Lipinski definition) is 5. The number of aromatic nitrogens is 2. The zero-order valence-corrected chi connectivity index (χ0v) is 19.3. The summed E-state index contributed by atoms with van der Waals surface area (Å²) in [4.78, 5) is 18.8. The number of hydrogen-bond donors (Lipinski definition) is 0. The Bertz CT molecular complexity index is 1460. The van der Waals surface area contributed by atoms with Gasteiger partial charge in [-0.3, -0.25) is 4.79 Å². The first-order chi connectivity index (χ1) is 16.4. The molecular formula is C26H24FN3O3S. The molecule has 1 aliphatic rings. The maximum Gasteiger partial charge on any atom is 0.206 e. The number of anilines is 1. The lowest BCUT2D eigenvalue weighted by Crippen LogP contribution is -2.18. The Labute approximate surface area is 197 Å². The summed E-state index contributed by atoms with van der Waals surface area (Å²) in [6, 6.07) is 14.0. The van der Waals surface area contributed by atoms with Crippen LogP contribution in [-0.4, -0.2) is 36.7 Å². The maximum atomic E-state index is 14.2. The van der Waals surface area contributed by atoms with Crippen molar-refractivity contribution in [3.63, 3.8) is 0 Å². The molecule has 5 rings (SSSR count). The molecule has 1 saturated heterocycles. The molecule has 0 atom stereocenters. The topological polar surface area (TPSA) is 71.8 Å². The van der Waals surface area contributed by atoms with E-state index in [2.05, 4.69) is 4.98 Å². The predicted molar refractivity (Wildman–Crippen MR) is 128 cm³/mol. The molecule has 6 nitrogen and oxygen atoms in total. The zero-order chi connectivity index (χ0) is 23.7. The van der Waals surface area contributed by atoms with Gasteiger partial charge in [-0.1, -0.05) is 12.1 Å². The summed E-state index contributed by atoms with van der Waals surface area (Å²) in [5, 5.41) is 0. The van der Waals surface area contributed by atoms with E-state index in [4.69, 9.17) is 0 Å². The van der Waals surface area contributed by atoms with E-state index in [1.54, 1.807) is 53.3 Å². The minimum Gasteiger partial charge on any atom is -0.371 e. The molecule has 34 heavy (non-hydrogen) atoms. The van der Waals surface area contributed by atoms with Gasteiger partial charge in [0, 0.05) is 49.4 Å². The molecule has 0 N–H and O–H groups in total. The number of pyridine rings is 1. The largest absolute Gasteiger partial charge is 0.371 e. The fraction of sp³-hybridized carbons (Fsp3) is 0.231. The third kappa shape index (κ3) is 4.46. The van der Waals surface area contributed by atoms with Gasteiger partial charge >= 0.3 is 0 Å². The fourth-order valence-corrected chi connectivity index (χ4v) is 5.63. The lowest BCUT2D eigenvalue weighted by molar-refractivity contribution is 0.0982. The monoisotopic (exact) mass is 477 g/mol. The molecule has 0 saturated carbocycles. The van der Waals surface area contributed by atoms with Crippen molar-refractivity contribution in [1.29, 1.82) is 0 Å². The predicted octanol–water partition coefficient (Wildman–Crippen LogP) is 4.72. The van der Waals surface area contributed by atoms with Gasteiger partial charge in [0.1, 0.15) is 11.5 Å². The molecule has 3 heterocycles. The van der Waals surface area contributed by atoms with Crippen LogP contribution in [0.3, 0.4) is 0 Å². The Hall–Kier alpha value is -3.52. The van der Waals surface area contributed by atoms with Gasteiger partial charge in [0.05, 0.1) is 9.79 Å². The first kappa shape index (κ1) is 22.3. The molecule has 2 aromatic heterocycles. The second-order valence-corrected chi connectivity index (χ2v) is 10.5. The van der Waals surface area contributed by atoms with E-state index in [0.29, 0.717) is 24.1 Å². The summed E-state index contributed by atoms with van der Waals surface area (Å²) in [5.41, 5.74) is 2.83. The number of rotatable bonds is 7. The van der Waals surface area contributed by atoms with Crippen molar-refractivity contribution in [3.05, 3.63) is 90.1 Å². The summed E-state index contributed by atoms with van der Waals surface area (Å²) in [6.45, 7) is 1.60. The molecule has 2 aromatic carbocycles. The number of imidazole rings is 1. The highest BCUT2D eigenvalue weighted by Gasteiger charge is 2.22. The summed E-state index contributed by atoms with van der Waals surface area (Å²) < 4.78 is 42.4. The molecule has 0 amide bonds. The molecule has 0 unspecified atom stereocenters. The molecule has 4 aromatic rings. The van der Waals surface area contributed by atoms with Gasteiger partial charge in [-0.05, 0) is 67.3 Å². The normalized spacial score (nSPS) is 14.1. The number of ketones is 1. The molecule has 8 heteroatoms. The van der Waals surface area contributed by atoms with Crippen LogP contribution in [0.1, 0.15) is 35.2 Å². The Morgan fingerprint density at radius 3 is 2.50 bits per heavy atom. The number of carbonyl (C=O) groups is 1. The summed E-state index contributed by atoms with van der Waals surface area (Å²) in [6.07, 6.45) is 8.04. The number of fused-ring (bicyclic) bond motifs is 1. The number of halogens is 1. The van der Waals surface area contributed by atoms with Gasteiger partial charge < -0.3 is 9.30 Å². The van der Waals surface area contributed by atoms with E-state index in [1.807, 2.05) is 4.90 Å². The third-order valence-corrected chi connectivity index (χ3v) is 7.97. The van der Waals surface area contributed by atoms with Crippen molar-refractivity contribution in [2.24, 2.45) is 0 Å². The van der Waals surface area contributed by atoms with Crippen molar-refractivity contribution in [2.45, 2.75) is 35.5 Å². The zero-order valence-electron chi connectivity index (χ0n) is 18.5. The Morgan fingerprint density at radius 2 is 1.74 bits per heavy atom. The summed E-state index contributed by atoms with van der Waals surface area (Å²) in [5.74, 6) is -0.562. The maximum absolute atomic E-state index is 14.2. The number of Topliss-reactive ketones (excluding diaryl/α,β-unsaturated/α-hetero) is 1. The smallest absolute Gasteiger partial charge is 0.206 e. The molecule has 174 valence electrons. The van der Waals surface area contributed by atoms with Gasteiger partial charge in [-0.25, -0.2) is 17.8 Å². The molecule has 0 radical (unpaired) electrons. The Kier molecular flexibility index (Phi) is 5.91. The van der Waals surface area contributed by atoms with Crippen LogP contribution < -0.4 is 4.90 Å². The standard InChI is InChI=1S/C26H24FN3O3S/c27-21-15-22(29-12-1-2-13-29)17-24(16-21)34(32,33)23-7-3-19(4-8-23)5-9-25(31)20-6-10-26-28-11-14-30(26)18-20/h3-4,6-8,10-11,14-18H,1-2,5,9,12-13H2. The highest BCUT2D eigenvalue weighted by Crippen LogP contribution is 2.28. The Balaban J connectivity index is 1.30. The molecule has 1 fully saturated rings. The van der Waals surface area contributed by atoms with Gasteiger partial charge in [-0.15, -0.1) is 0 Å². The minimum atomic E-state index is -3.86. The van der Waals surface area contributed by atoms with Crippen LogP contribution in [0.5, 0.6) is 0 Å². The highest BCUT2D eigenvalue weighted by molar-refractivity contribution is 7.91. The van der Waals surface area contributed by atoms with Gasteiger partial charge in [0.25, 0.3) is 0 Å². The van der Waals surface area contributed by atoms with Crippen LogP contribution >= 0.6 is 0 Å². The van der Waals surface area contributed by atoms with Gasteiger partial charge in [0.15, 0.2) is 5.78 Å². The molecule has 0 aliphatic carbocycles. The van der Waals surface area contributed by atoms with Crippen LogP contribution in [0, 0.1) is 5.82 Å². The van der Waals surface area contributed by atoms with E-state index in [0.717, 1.165) is 43.2 Å². The molecular weight excluding hydrogens is 453 g/mol. The van der Waals surface area contributed by atoms with E-state index in [-0.39, 0.29) is 15.6 Å². The first-order valence-electron chi connectivity index (χ1n) is 11.3. The third-order valence-electron chi connectivity index (χ3n) is 6.22. The van der Waals surface area contributed by atoms with Crippen molar-refractivity contribution in [3.8, 4) is 0 Å². The molecule has 1 aliphatic heterocycles. The van der Waals surface area contributed by atoms with Crippen LogP contribution in [0.25, 0.3) is 5.65 Å². The lowest BCUT2D eigenvalue weighted by Gasteiger charge is -2.18. The Morgan fingerprint density at radius 1 is 0.971 bits per heavy atom. The first-order valence-corrected chi connectivity index (χ1v) is 12.7. The van der Waals surface area contributed by atoms with Crippen molar-refractivity contribution >= 4 is 27.0 Å². The van der Waals surface area contributed by atoms with Gasteiger partial charge in [-0.2, -0.15) is 0 Å². The van der Waals surface area contributed by atoms with E-state index in [1.165, 1.54) is 18.2 Å². The van der Waals surface area contributed by atoms with Crippen molar-refractivity contribution in [2.75, 3.05) is 18.0 Å². The molecule has 0 bridgehead atoms. The molecule has 0 spiro atoms. The average molecular weight is 478 g/mol. The number of sulfone groups is 1. The summed E-state index contributed by atoms with van der Waals surface area (Å²) in [7, 11) is -3.86. The van der Waals surface area contributed by atoms with Crippen LogP contribution in [0.2, 0.25) is 0 Å². The van der Waals surface area contributed by atoms with E-state index >= 15 is 0 Å². The van der Waals surface area contributed by atoms with Crippen LogP contribution in [0.15, 0.2) is 83.0 Å². The number of aryl methyl sites for hydroxylation is 1. The van der Waals surface area contributed by atoms with Gasteiger partial charge in [0.2, 0.25) is 9.84 Å². The van der Waals surface area contributed by atoms with E-state index in [9.17, 15) is 17.6 Å². The van der Waals surface area contributed by atoms with Crippen LogP contribution in [-0.2, 0) is 16.3 Å². The second-order valence-electron chi connectivity index (χ2n) is 8.52. The number of nitrogens with zero attached hydrogens (tertiary/aromatic N) is 3. The van der Waals surface area contributed by atoms with Crippen molar-refractivity contribution in [1.82, 2.24) is 9.38 Å². The fourth-order valence-electron chi connectivity index (χ4n) is 4.32. The SMILES string of the molecule is O=C(CCc1ccc(S(=O)(=O)c2cc(F)cc(N3CCCC3)c2)cc1)c1ccc2nccn2c1. The average Bonchev–Trinajstić information content (AvgIpc) is 3.54. The van der Waals surface area contributed by atoms with Crippen molar-refractivity contribution < 1.29 is 17.6 Å². The van der Waals surface area contributed by atoms with Crippen LogP contribution in [0.4, 0.5) is 10.1 Å². The number of carbonyl (C=O) groups excluding carboxylic acids is 1. The second kappa shape index (κ2) is 9.02.